The van der Waals surface area contributed by atoms with Crippen LogP contribution in [-0.4, -0.2) is 50.2 Å². The summed E-state index contributed by atoms with van der Waals surface area (Å²) in [5.74, 6) is 1.84. The van der Waals surface area contributed by atoms with E-state index in [1.807, 2.05) is 4.52 Å². The monoisotopic (exact) mass is 364 g/mol. The number of aryl methyl sites for hydroxylation is 1. The lowest BCUT2D eigenvalue weighted by Crippen LogP contribution is -2.53. The lowest BCUT2D eigenvalue weighted by molar-refractivity contribution is 0.158. The van der Waals surface area contributed by atoms with Crippen LogP contribution in [0.15, 0.2) is 36.7 Å². The van der Waals surface area contributed by atoms with Crippen LogP contribution < -0.4 is 4.90 Å². The van der Waals surface area contributed by atoms with Gasteiger partial charge < -0.3 is 4.90 Å². The Labute approximate surface area is 160 Å². The summed E-state index contributed by atoms with van der Waals surface area (Å²) >= 11 is 0. The Hall–Kier alpha value is -2.47. The first-order valence-corrected chi connectivity index (χ1v) is 9.87. The standard InChI is InChI=1S/C21H28N6/c1-4-8-19-14-26(12-11-25(19)13-18-9-6-5-7-10-18)20-16(2)17(3)24-21-22-15-23-27(20)21/h5-7,9-10,15,19H,4,8,11-14H2,1-3H3. The van der Waals surface area contributed by atoms with Gasteiger partial charge in [-0.05, 0) is 25.8 Å². The summed E-state index contributed by atoms with van der Waals surface area (Å²) in [6.45, 7) is 10.6. The minimum atomic E-state index is 0.537. The molecular formula is C21H28N6. The van der Waals surface area contributed by atoms with Crippen molar-refractivity contribution >= 4 is 11.6 Å². The van der Waals surface area contributed by atoms with Gasteiger partial charge in [0.05, 0.1) is 0 Å². The van der Waals surface area contributed by atoms with Crippen molar-refractivity contribution in [2.45, 2.75) is 46.2 Å². The maximum atomic E-state index is 4.57. The minimum absolute atomic E-state index is 0.537. The van der Waals surface area contributed by atoms with Crippen LogP contribution in [0, 0.1) is 13.8 Å². The summed E-state index contributed by atoms with van der Waals surface area (Å²) in [4.78, 5) is 14.0. The number of nitrogens with zero attached hydrogens (tertiary/aromatic N) is 6. The molecule has 3 heterocycles. The van der Waals surface area contributed by atoms with E-state index in [2.05, 4.69) is 76.0 Å². The molecule has 0 N–H and O–H groups in total. The molecule has 0 radical (unpaired) electrons. The molecule has 1 atom stereocenters. The molecule has 6 heteroatoms. The Morgan fingerprint density at radius 3 is 2.70 bits per heavy atom. The van der Waals surface area contributed by atoms with Gasteiger partial charge in [0.2, 0.25) is 0 Å². The highest BCUT2D eigenvalue weighted by Gasteiger charge is 2.29. The van der Waals surface area contributed by atoms with Crippen LogP contribution in [0.25, 0.3) is 5.78 Å². The minimum Gasteiger partial charge on any atom is -0.353 e. The number of hydrogen-bond acceptors (Lipinski definition) is 5. The van der Waals surface area contributed by atoms with E-state index in [0.29, 0.717) is 11.8 Å². The van der Waals surface area contributed by atoms with Crippen LogP contribution in [0.1, 0.15) is 36.6 Å². The number of hydrogen-bond donors (Lipinski definition) is 0. The smallest absolute Gasteiger partial charge is 0.254 e. The highest BCUT2D eigenvalue weighted by Crippen LogP contribution is 2.27. The van der Waals surface area contributed by atoms with Crippen LogP contribution in [0.3, 0.4) is 0 Å². The Bertz CT molecular complexity index is 904. The fourth-order valence-corrected chi connectivity index (χ4v) is 4.11. The summed E-state index contributed by atoms with van der Waals surface area (Å²) in [6, 6.07) is 11.3. The van der Waals surface area contributed by atoms with Gasteiger partial charge in [-0.25, -0.2) is 4.98 Å². The lowest BCUT2D eigenvalue weighted by Gasteiger charge is -2.43. The van der Waals surface area contributed by atoms with E-state index in [4.69, 9.17) is 0 Å². The lowest BCUT2D eigenvalue weighted by atomic mass is 10.0. The van der Waals surface area contributed by atoms with Gasteiger partial charge in [-0.1, -0.05) is 43.7 Å². The van der Waals surface area contributed by atoms with E-state index < -0.39 is 0 Å². The van der Waals surface area contributed by atoms with Crippen molar-refractivity contribution in [1.82, 2.24) is 24.5 Å². The van der Waals surface area contributed by atoms with E-state index in [9.17, 15) is 0 Å². The molecule has 4 rings (SSSR count). The van der Waals surface area contributed by atoms with Crippen LogP contribution in [0.5, 0.6) is 0 Å². The first-order valence-electron chi connectivity index (χ1n) is 9.87. The predicted octanol–water partition coefficient (Wildman–Crippen LogP) is 3.23. The quantitative estimate of drug-likeness (QED) is 0.696. The molecule has 27 heavy (non-hydrogen) atoms. The van der Waals surface area contributed by atoms with Crippen molar-refractivity contribution in [3.8, 4) is 0 Å². The third-order valence-electron chi connectivity index (χ3n) is 5.63. The molecule has 0 aliphatic carbocycles. The van der Waals surface area contributed by atoms with Crippen molar-refractivity contribution < 1.29 is 0 Å². The molecule has 0 spiro atoms. The van der Waals surface area contributed by atoms with Crippen LogP contribution in [-0.2, 0) is 6.54 Å². The van der Waals surface area contributed by atoms with Gasteiger partial charge >= 0.3 is 0 Å². The molecule has 1 unspecified atom stereocenters. The first kappa shape index (κ1) is 17.9. The Morgan fingerprint density at radius 1 is 1.11 bits per heavy atom. The average Bonchev–Trinajstić information content (AvgIpc) is 3.13. The number of fused-ring (bicyclic) bond motifs is 1. The van der Waals surface area contributed by atoms with Crippen LogP contribution >= 0.6 is 0 Å². The molecule has 1 aliphatic heterocycles. The van der Waals surface area contributed by atoms with Crippen molar-refractivity contribution in [1.29, 1.82) is 0 Å². The third kappa shape index (κ3) is 3.54. The van der Waals surface area contributed by atoms with Gasteiger partial charge in [-0.15, -0.1) is 0 Å². The third-order valence-corrected chi connectivity index (χ3v) is 5.63. The number of piperazine rings is 1. The molecule has 1 aliphatic rings. The second kappa shape index (κ2) is 7.64. The average molecular weight is 364 g/mol. The van der Waals surface area contributed by atoms with Gasteiger partial charge in [0.1, 0.15) is 12.1 Å². The maximum Gasteiger partial charge on any atom is 0.254 e. The SMILES string of the molecule is CCCC1CN(c2c(C)c(C)nc3ncnn23)CCN1Cc1ccccc1. The van der Waals surface area contributed by atoms with E-state index in [-0.39, 0.29) is 0 Å². The molecular weight excluding hydrogens is 336 g/mol. The molecule has 6 nitrogen and oxygen atoms in total. The predicted molar refractivity (Wildman–Crippen MR) is 108 cm³/mol. The van der Waals surface area contributed by atoms with E-state index in [0.717, 1.165) is 37.7 Å². The van der Waals surface area contributed by atoms with Gasteiger partial charge in [-0.2, -0.15) is 14.6 Å². The normalized spacial score (nSPS) is 18.3. The van der Waals surface area contributed by atoms with Gasteiger partial charge in [-0.3, -0.25) is 4.90 Å². The van der Waals surface area contributed by atoms with E-state index >= 15 is 0 Å². The Balaban J connectivity index is 1.60. The van der Waals surface area contributed by atoms with E-state index in [1.165, 1.54) is 24.0 Å². The van der Waals surface area contributed by atoms with Crippen LogP contribution in [0.4, 0.5) is 5.82 Å². The van der Waals surface area contributed by atoms with Crippen molar-refractivity contribution in [2.24, 2.45) is 0 Å². The largest absolute Gasteiger partial charge is 0.353 e. The molecule has 1 aromatic carbocycles. The molecule has 1 saturated heterocycles. The number of aromatic nitrogens is 4. The fraction of sp³-hybridized carbons (Fsp3) is 0.476. The molecule has 142 valence electrons. The number of anilines is 1. The fourth-order valence-electron chi connectivity index (χ4n) is 4.11. The molecule has 0 bridgehead atoms. The second-order valence-electron chi connectivity index (χ2n) is 7.46. The number of benzene rings is 1. The van der Waals surface area contributed by atoms with Gasteiger partial charge in [0, 0.05) is 43.5 Å². The Morgan fingerprint density at radius 2 is 1.93 bits per heavy atom. The molecule has 2 aromatic heterocycles. The van der Waals surface area contributed by atoms with Gasteiger partial charge in [0.15, 0.2) is 0 Å². The highest BCUT2D eigenvalue weighted by atomic mass is 15.4. The second-order valence-corrected chi connectivity index (χ2v) is 7.46. The first-order chi connectivity index (χ1) is 13.2. The number of rotatable bonds is 5. The summed E-state index contributed by atoms with van der Waals surface area (Å²) < 4.78 is 1.90. The summed E-state index contributed by atoms with van der Waals surface area (Å²) in [5, 5.41) is 4.44. The van der Waals surface area contributed by atoms with Crippen molar-refractivity contribution in [3.05, 3.63) is 53.5 Å². The maximum absolute atomic E-state index is 4.57. The zero-order chi connectivity index (χ0) is 18.8. The zero-order valence-corrected chi connectivity index (χ0v) is 16.5. The molecule has 0 amide bonds. The highest BCUT2D eigenvalue weighted by molar-refractivity contribution is 5.54. The topological polar surface area (TPSA) is 49.6 Å². The molecule has 0 saturated carbocycles. The molecule has 3 aromatic rings. The van der Waals surface area contributed by atoms with Gasteiger partial charge in [0.25, 0.3) is 5.78 Å². The summed E-state index contributed by atoms with van der Waals surface area (Å²) in [7, 11) is 0. The van der Waals surface area contributed by atoms with Crippen molar-refractivity contribution in [2.75, 3.05) is 24.5 Å². The van der Waals surface area contributed by atoms with E-state index in [1.54, 1.807) is 6.33 Å². The molecule has 1 fully saturated rings. The summed E-state index contributed by atoms with van der Waals surface area (Å²) in [6.07, 6.45) is 3.99. The summed E-state index contributed by atoms with van der Waals surface area (Å²) in [5.41, 5.74) is 3.62. The van der Waals surface area contributed by atoms with Crippen LogP contribution in [0.2, 0.25) is 0 Å². The Kier molecular flexibility index (Phi) is 5.07. The van der Waals surface area contributed by atoms with Crippen molar-refractivity contribution in [3.63, 3.8) is 0 Å². The zero-order valence-electron chi connectivity index (χ0n) is 16.5.